The van der Waals surface area contributed by atoms with Crippen LogP contribution in [0.4, 0.5) is 0 Å². The first-order valence-electron chi connectivity index (χ1n) is 6.95. The number of pyridine rings is 1. The molecule has 0 aromatic carbocycles. The maximum atomic E-state index is 4.07. The summed E-state index contributed by atoms with van der Waals surface area (Å²) in [6.45, 7) is 4.57. The second-order valence-electron chi connectivity index (χ2n) is 5.29. The van der Waals surface area contributed by atoms with Gasteiger partial charge in [-0.25, -0.2) is 0 Å². The highest BCUT2D eigenvalue weighted by Gasteiger charge is 2.21. The van der Waals surface area contributed by atoms with Crippen LogP contribution in [-0.4, -0.2) is 11.0 Å². The molecule has 1 aliphatic rings. The van der Waals surface area contributed by atoms with E-state index in [1.165, 1.54) is 37.7 Å². The van der Waals surface area contributed by atoms with Gasteiger partial charge in [0.15, 0.2) is 0 Å². The molecule has 1 aromatic rings. The van der Waals surface area contributed by atoms with E-state index >= 15 is 0 Å². The van der Waals surface area contributed by atoms with Crippen LogP contribution in [0.25, 0.3) is 0 Å². The lowest BCUT2D eigenvalue weighted by molar-refractivity contribution is 0.273. The van der Waals surface area contributed by atoms with Crippen molar-refractivity contribution >= 4 is 0 Å². The summed E-state index contributed by atoms with van der Waals surface area (Å²) in [6.07, 6.45) is 10.6. The molecule has 0 unspecified atom stereocenters. The summed E-state index contributed by atoms with van der Waals surface area (Å²) < 4.78 is 0. The Balaban J connectivity index is 1.82. The molecule has 1 fully saturated rings. The minimum Gasteiger partial charge on any atom is -0.307 e. The van der Waals surface area contributed by atoms with E-state index in [4.69, 9.17) is 0 Å². The number of nitrogens with one attached hydrogen (secondary N) is 1. The summed E-state index contributed by atoms with van der Waals surface area (Å²) in [6, 6.07) is 5.37. The SMILES string of the molecule is CCC1CCC(N[C@H](C)c2ccncc2)CC1. The Hall–Kier alpha value is -0.890. The number of nitrogens with zero attached hydrogens (tertiary/aromatic N) is 1. The zero-order chi connectivity index (χ0) is 12.1. The van der Waals surface area contributed by atoms with Gasteiger partial charge in [0.05, 0.1) is 0 Å². The molecule has 1 atom stereocenters. The van der Waals surface area contributed by atoms with Crippen molar-refractivity contribution in [3.63, 3.8) is 0 Å². The first kappa shape index (κ1) is 12.6. The molecule has 0 aliphatic heterocycles. The molecule has 1 heterocycles. The van der Waals surface area contributed by atoms with E-state index < -0.39 is 0 Å². The molecule has 94 valence electrons. The van der Waals surface area contributed by atoms with Gasteiger partial charge in [-0.1, -0.05) is 13.3 Å². The smallest absolute Gasteiger partial charge is 0.0295 e. The summed E-state index contributed by atoms with van der Waals surface area (Å²) >= 11 is 0. The van der Waals surface area contributed by atoms with E-state index in [0.29, 0.717) is 12.1 Å². The minimum absolute atomic E-state index is 0.446. The second-order valence-corrected chi connectivity index (χ2v) is 5.29. The average Bonchev–Trinajstić information content (AvgIpc) is 2.40. The maximum Gasteiger partial charge on any atom is 0.0295 e. The number of rotatable bonds is 4. The Morgan fingerprint density at radius 1 is 1.24 bits per heavy atom. The van der Waals surface area contributed by atoms with Gasteiger partial charge < -0.3 is 5.32 Å². The van der Waals surface area contributed by atoms with Gasteiger partial charge in [-0.3, -0.25) is 4.98 Å². The molecule has 1 saturated carbocycles. The van der Waals surface area contributed by atoms with Crippen molar-refractivity contribution in [1.29, 1.82) is 0 Å². The molecule has 0 bridgehead atoms. The van der Waals surface area contributed by atoms with Crippen molar-refractivity contribution in [2.45, 2.75) is 58.0 Å². The Labute approximate surface area is 105 Å². The Bertz CT molecular complexity index is 315. The van der Waals surface area contributed by atoms with Gasteiger partial charge in [-0.15, -0.1) is 0 Å². The van der Waals surface area contributed by atoms with Crippen LogP contribution in [0.3, 0.4) is 0 Å². The Morgan fingerprint density at radius 3 is 2.47 bits per heavy atom. The molecule has 0 saturated heterocycles. The molecule has 17 heavy (non-hydrogen) atoms. The molecule has 0 spiro atoms. The first-order chi connectivity index (χ1) is 8.29. The molecule has 1 aromatic heterocycles. The molecule has 2 rings (SSSR count). The molecule has 2 heteroatoms. The van der Waals surface area contributed by atoms with Crippen LogP contribution in [-0.2, 0) is 0 Å². The van der Waals surface area contributed by atoms with Crippen molar-refractivity contribution in [2.24, 2.45) is 5.92 Å². The van der Waals surface area contributed by atoms with Crippen LogP contribution in [0, 0.1) is 5.92 Å². The zero-order valence-corrected chi connectivity index (χ0v) is 11.0. The largest absolute Gasteiger partial charge is 0.307 e. The predicted molar refractivity (Wildman–Crippen MR) is 71.8 cm³/mol. The van der Waals surface area contributed by atoms with Gasteiger partial charge in [0, 0.05) is 24.5 Å². The standard InChI is InChI=1S/C15H24N2/c1-3-13-4-6-15(7-5-13)17-12(2)14-8-10-16-11-9-14/h8-13,15,17H,3-7H2,1-2H3/t12-,13?,15?/m1/s1. The normalized spacial score (nSPS) is 26.7. The van der Waals surface area contributed by atoms with Crippen LogP contribution in [0.5, 0.6) is 0 Å². The highest BCUT2D eigenvalue weighted by molar-refractivity contribution is 5.14. The highest BCUT2D eigenvalue weighted by Crippen LogP contribution is 2.27. The molecule has 2 nitrogen and oxygen atoms in total. The summed E-state index contributed by atoms with van der Waals surface area (Å²) in [7, 11) is 0. The fourth-order valence-electron chi connectivity index (χ4n) is 2.84. The zero-order valence-electron chi connectivity index (χ0n) is 11.0. The van der Waals surface area contributed by atoms with Gasteiger partial charge in [0.2, 0.25) is 0 Å². The van der Waals surface area contributed by atoms with Gasteiger partial charge >= 0.3 is 0 Å². The molecule has 1 N–H and O–H groups in total. The van der Waals surface area contributed by atoms with Gasteiger partial charge in [0.1, 0.15) is 0 Å². The molecule has 0 amide bonds. The van der Waals surface area contributed by atoms with Crippen molar-refractivity contribution in [3.8, 4) is 0 Å². The van der Waals surface area contributed by atoms with Crippen molar-refractivity contribution < 1.29 is 0 Å². The fourth-order valence-corrected chi connectivity index (χ4v) is 2.84. The summed E-state index contributed by atoms with van der Waals surface area (Å²) in [4.78, 5) is 4.07. The monoisotopic (exact) mass is 232 g/mol. The lowest BCUT2D eigenvalue weighted by atomic mass is 9.84. The summed E-state index contributed by atoms with van der Waals surface area (Å²) in [5, 5.41) is 3.75. The van der Waals surface area contributed by atoms with E-state index in [1.807, 2.05) is 12.4 Å². The lowest BCUT2D eigenvalue weighted by Crippen LogP contribution is -2.34. The molecular formula is C15H24N2. The summed E-state index contributed by atoms with van der Waals surface area (Å²) in [5.74, 6) is 0.976. The third-order valence-corrected chi connectivity index (χ3v) is 4.12. The molecular weight excluding hydrogens is 208 g/mol. The first-order valence-corrected chi connectivity index (χ1v) is 6.95. The van der Waals surface area contributed by atoms with Crippen molar-refractivity contribution in [2.75, 3.05) is 0 Å². The number of hydrogen-bond acceptors (Lipinski definition) is 2. The quantitative estimate of drug-likeness (QED) is 0.856. The van der Waals surface area contributed by atoms with Gasteiger partial charge in [0.25, 0.3) is 0 Å². The van der Waals surface area contributed by atoms with E-state index in [-0.39, 0.29) is 0 Å². The lowest BCUT2D eigenvalue weighted by Gasteiger charge is -2.30. The van der Waals surface area contributed by atoms with E-state index in [1.54, 1.807) is 0 Å². The highest BCUT2D eigenvalue weighted by atomic mass is 14.9. The van der Waals surface area contributed by atoms with Crippen molar-refractivity contribution in [3.05, 3.63) is 30.1 Å². The number of hydrogen-bond donors (Lipinski definition) is 1. The maximum absolute atomic E-state index is 4.07. The number of aromatic nitrogens is 1. The average molecular weight is 232 g/mol. The minimum atomic E-state index is 0.446. The van der Waals surface area contributed by atoms with Gasteiger partial charge in [-0.2, -0.15) is 0 Å². The Morgan fingerprint density at radius 2 is 1.88 bits per heavy atom. The van der Waals surface area contributed by atoms with Crippen LogP contribution < -0.4 is 5.32 Å². The van der Waals surface area contributed by atoms with Crippen molar-refractivity contribution in [1.82, 2.24) is 10.3 Å². The Kier molecular flexibility index (Phi) is 4.55. The van der Waals surface area contributed by atoms with Gasteiger partial charge in [-0.05, 0) is 56.2 Å². The third-order valence-electron chi connectivity index (χ3n) is 4.12. The van der Waals surface area contributed by atoms with E-state index in [2.05, 4.69) is 36.3 Å². The van der Waals surface area contributed by atoms with Crippen LogP contribution in [0.15, 0.2) is 24.5 Å². The topological polar surface area (TPSA) is 24.9 Å². The summed E-state index contributed by atoms with van der Waals surface area (Å²) in [5.41, 5.74) is 1.35. The van der Waals surface area contributed by atoms with Crippen LogP contribution in [0.2, 0.25) is 0 Å². The van der Waals surface area contributed by atoms with Crippen LogP contribution in [0.1, 0.15) is 57.6 Å². The third kappa shape index (κ3) is 3.53. The molecule has 1 aliphatic carbocycles. The predicted octanol–water partition coefficient (Wildman–Crippen LogP) is 3.70. The van der Waals surface area contributed by atoms with E-state index in [9.17, 15) is 0 Å². The second kappa shape index (κ2) is 6.15. The van der Waals surface area contributed by atoms with E-state index in [0.717, 1.165) is 5.92 Å². The van der Waals surface area contributed by atoms with Crippen LogP contribution >= 0.6 is 0 Å². The fraction of sp³-hybridized carbons (Fsp3) is 0.667. The molecule has 0 radical (unpaired) electrons.